The van der Waals surface area contributed by atoms with Crippen molar-refractivity contribution in [3.63, 3.8) is 0 Å². The molecule has 2 heterocycles. The molecule has 0 aliphatic rings. The number of nitrogens with zero attached hydrogens (tertiary/aromatic N) is 2. The van der Waals surface area contributed by atoms with Gasteiger partial charge in [0.2, 0.25) is 0 Å². The molecule has 0 bridgehead atoms. The molecule has 0 atom stereocenters. The Morgan fingerprint density at radius 1 is 1.42 bits per heavy atom. The van der Waals surface area contributed by atoms with Gasteiger partial charge in [-0.25, -0.2) is 4.98 Å². The molecular formula is C13H11N3O2S. The normalized spacial score (nSPS) is 9.53. The third-order valence-corrected chi connectivity index (χ3v) is 2.99. The van der Waals surface area contributed by atoms with Crippen LogP contribution >= 0.6 is 11.3 Å². The number of hydrogen-bond acceptors (Lipinski definition) is 5. The average Bonchev–Trinajstić information content (AvgIpc) is 2.96. The van der Waals surface area contributed by atoms with Crippen LogP contribution in [0.25, 0.3) is 0 Å². The standard InChI is InChI=1S/C13H11N3O2S/c17-5-1-2-10-3-4-12(15-6-10)13(18)16-8-11-7-14-9-19-11/h3-4,6-7,9,17H,5,8H2,(H,16,18). The van der Waals surface area contributed by atoms with E-state index in [1.165, 1.54) is 17.5 Å². The Morgan fingerprint density at radius 2 is 2.32 bits per heavy atom. The van der Waals surface area contributed by atoms with Crippen molar-refractivity contribution >= 4 is 17.2 Å². The number of aromatic nitrogens is 2. The number of carbonyl (C=O) groups excluding carboxylic acids is 1. The van der Waals surface area contributed by atoms with Crippen LogP contribution < -0.4 is 5.32 Å². The Bertz CT molecular complexity index is 597. The summed E-state index contributed by atoms with van der Waals surface area (Å²) < 4.78 is 0. The molecule has 19 heavy (non-hydrogen) atoms. The van der Waals surface area contributed by atoms with Crippen LogP contribution in [0.2, 0.25) is 0 Å². The van der Waals surface area contributed by atoms with Gasteiger partial charge in [0, 0.05) is 22.8 Å². The smallest absolute Gasteiger partial charge is 0.270 e. The minimum absolute atomic E-state index is 0.197. The van der Waals surface area contributed by atoms with E-state index >= 15 is 0 Å². The molecule has 0 saturated carbocycles. The van der Waals surface area contributed by atoms with Gasteiger partial charge >= 0.3 is 0 Å². The van der Waals surface area contributed by atoms with Gasteiger partial charge in [-0.1, -0.05) is 11.8 Å². The second-order valence-electron chi connectivity index (χ2n) is 3.54. The predicted octanol–water partition coefficient (Wildman–Crippen LogP) is 0.812. The van der Waals surface area contributed by atoms with Crippen LogP contribution in [0.5, 0.6) is 0 Å². The Hall–Kier alpha value is -2.23. The van der Waals surface area contributed by atoms with Gasteiger partial charge in [0.1, 0.15) is 12.3 Å². The van der Waals surface area contributed by atoms with Gasteiger partial charge in [-0.15, -0.1) is 11.3 Å². The van der Waals surface area contributed by atoms with E-state index < -0.39 is 0 Å². The largest absolute Gasteiger partial charge is 0.384 e. The molecule has 2 aromatic heterocycles. The maximum absolute atomic E-state index is 11.8. The number of hydrogen-bond donors (Lipinski definition) is 2. The number of rotatable bonds is 3. The van der Waals surface area contributed by atoms with E-state index in [1.807, 2.05) is 0 Å². The maximum atomic E-state index is 11.8. The first-order chi connectivity index (χ1) is 9.29. The molecule has 2 N–H and O–H groups in total. The number of aliphatic hydroxyl groups is 1. The summed E-state index contributed by atoms with van der Waals surface area (Å²) >= 11 is 1.48. The number of pyridine rings is 1. The Balaban J connectivity index is 1.95. The van der Waals surface area contributed by atoms with Crippen molar-refractivity contribution in [2.75, 3.05) is 6.61 Å². The molecule has 0 aliphatic carbocycles. The highest BCUT2D eigenvalue weighted by molar-refractivity contribution is 7.09. The number of aliphatic hydroxyl groups excluding tert-OH is 1. The molecule has 5 nitrogen and oxygen atoms in total. The maximum Gasteiger partial charge on any atom is 0.270 e. The summed E-state index contributed by atoms with van der Waals surface area (Å²) in [5.41, 5.74) is 2.71. The second-order valence-corrected chi connectivity index (χ2v) is 4.51. The number of thiazole rings is 1. The van der Waals surface area contributed by atoms with E-state index in [4.69, 9.17) is 5.11 Å². The van der Waals surface area contributed by atoms with Gasteiger partial charge in [-0.2, -0.15) is 0 Å². The summed E-state index contributed by atoms with van der Waals surface area (Å²) in [5, 5.41) is 11.3. The Labute approximate surface area is 114 Å². The predicted molar refractivity (Wildman–Crippen MR) is 71.5 cm³/mol. The zero-order valence-electron chi connectivity index (χ0n) is 9.96. The summed E-state index contributed by atoms with van der Waals surface area (Å²) in [6.45, 7) is 0.244. The molecule has 0 saturated heterocycles. The molecule has 0 aliphatic heterocycles. The number of nitrogens with one attached hydrogen (secondary N) is 1. The first-order valence-corrected chi connectivity index (χ1v) is 6.39. The van der Waals surface area contributed by atoms with E-state index in [0.717, 1.165) is 4.88 Å². The highest BCUT2D eigenvalue weighted by atomic mass is 32.1. The fourth-order valence-electron chi connectivity index (χ4n) is 1.33. The zero-order chi connectivity index (χ0) is 13.5. The minimum atomic E-state index is -0.241. The monoisotopic (exact) mass is 273 g/mol. The van der Waals surface area contributed by atoms with Crippen molar-refractivity contribution in [3.05, 3.63) is 46.2 Å². The molecular weight excluding hydrogens is 262 g/mol. The van der Waals surface area contributed by atoms with Gasteiger partial charge in [0.25, 0.3) is 5.91 Å². The zero-order valence-corrected chi connectivity index (χ0v) is 10.8. The van der Waals surface area contributed by atoms with Gasteiger partial charge in [-0.3, -0.25) is 9.78 Å². The molecule has 2 aromatic rings. The van der Waals surface area contributed by atoms with Gasteiger partial charge in [-0.05, 0) is 12.1 Å². The highest BCUT2D eigenvalue weighted by Gasteiger charge is 2.06. The molecule has 0 unspecified atom stereocenters. The molecule has 6 heteroatoms. The fourth-order valence-corrected chi connectivity index (χ4v) is 1.87. The lowest BCUT2D eigenvalue weighted by molar-refractivity contribution is 0.0946. The van der Waals surface area contributed by atoms with Gasteiger partial charge in [0.05, 0.1) is 12.1 Å². The number of carbonyl (C=O) groups is 1. The molecule has 1 amide bonds. The van der Waals surface area contributed by atoms with Crippen LogP contribution in [-0.2, 0) is 6.54 Å². The highest BCUT2D eigenvalue weighted by Crippen LogP contribution is 2.05. The van der Waals surface area contributed by atoms with Crippen LogP contribution in [0.1, 0.15) is 20.9 Å². The summed E-state index contributed by atoms with van der Waals surface area (Å²) in [5.74, 6) is 4.99. The summed E-state index contributed by atoms with van der Waals surface area (Å²) in [7, 11) is 0. The van der Waals surface area contributed by atoms with Crippen LogP contribution in [0.4, 0.5) is 0 Å². The Kier molecular flexibility index (Phi) is 4.61. The third kappa shape index (κ3) is 3.88. The SMILES string of the molecule is O=C(NCc1cncs1)c1ccc(C#CCO)cn1. The van der Waals surface area contributed by atoms with Gasteiger partial charge < -0.3 is 10.4 Å². The fraction of sp³-hybridized carbons (Fsp3) is 0.154. The van der Waals surface area contributed by atoms with Crippen LogP contribution in [0.15, 0.2) is 30.0 Å². The lowest BCUT2D eigenvalue weighted by atomic mass is 10.2. The second kappa shape index (κ2) is 6.64. The third-order valence-electron chi connectivity index (χ3n) is 2.21. The quantitative estimate of drug-likeness (QED) is 0.812. The summed E-state index contributed by atoms with van der Waals surface area (Å²) in [4.78, 5) is 20.7. The van der Waals surface area contributed by atoms with E-state index in [1.54, 1.807) is 23.8 Å². The van der Waals surface area contributed by atoms with Crippen molar-refractivity contribution in [3.8, 4) is 11.8 Å². The average molecular weight is 273 g/mol. The van der Waals surface area contributed by atoms with E-state index in [0.29, 0.717) is 17.8 Å². The molecule has 0 spiro atoms. The van der Waals surface area contributed by atoms with E-state index in [-0.39, 0.29) is 12.5 Å². The molecule has 0 aromatic carbocycles. The van der Waals surface area contributed by atoms with Crippen LogP contribution in [0.3, 0.4) is 0 Å². The van der Waals surface area contributed by atoms with E-state index in [9.17, 15) is 4.79 Å². The summed E-state index contributed by atoms with van der Waals surface area (Å²) in [6, 6.07) is 3.29. The topological polar surface area (TPSA) is 75.1 Å². The van der Waals surface area contributed by atoms with Gasteiger partial charge in [0.15, 0.2) is 0 Å². The molecule has 96 valence electrons. The first kappa shape index (κ1) is 13.2. The van der Waals surface area contributed by atoms with Crippen molar-refractivity contribution in [2.24, 2.45) is 0 Å². The van der Waals surface area contributed by atoms with Crippen molar-refractivity contribution in [2.45, 2.75) is 6.54 Å². The lowest BCUT2D eigenvalue weighted by Crippen LogP contribution is -2.23. The lowest BCUT2D eigenvalue weighted by Gasteiger charge is -2.02. The molecule has 0 fully saturated rings. The van der Waals surface area contributed by atoms with Crippen LogP contribution in [0, 0.1) is 11.8 Å². The van der Waals surface area contributed by atoms with Crippen LogP contribution in [-0.4, -0.2) is 27.6 Å². The van der Waals surface area contributed by atoms with Crippen molar-refractivity contribution in [1.29, 1.82) is 0 Å². The number of amides is 1. The Morgan fingerprint density at radius 3 is 2.95 bits per heavy atom. The summed E-state index contributed by atoms with van der Waals surface area (Å²) in [6.07, 6.45) is 3.22. The molecule has 2 rings (SSSR count). The van der Waals surface area contributed by atoms with Crippen molar-refractivity contribution < 1.29 is 9.90 Å². The van der Waals surface area contributed by atoms with Crippen molar-refractivity contribution in [1.82, 2.24) is 15.3 Å². The minimum Gasteiger partial charge on any atom is -0.384 e. The van der Waals surface area contributed by atoms with E-state index in [2.05, 4.69) is 27.1 Å². The first-order valence-electron chi connectivity index (χ1n) is 5.51. The molecule has 0 radical (unpaired) electrons.